The highest BCUT2D eigenvalue weighted by Crippen LogP contribution is 2.76. The van der Waals surface area contributed by atoms with E-state index in [1.165, 1.54) is 5.57 Å². The van der Waals surface area contributed by atoms with E-state index >= 15 is 0 Å². The molecule has 6 N–H and O–H groups in total. The fourth-order valence-electron chi connectivity index (χ4n) is 11.9. The number of allylic oxidation sites excluding steroid dienone is 2. The lowest BCUT2D eigenvalue weighted by molar-refractivity contribution is -0.332. The number of rotatable bonds is 7. The summed E-state index contributed by atoms with van der Waals surface area (Å²) in [5.74, 6) is 0.792. The molecule has 5 rings (SSSR count). The maximum absolute atomic E-state index is 12.0. The zero-order valence-corrected chi connectivity index (χ0v) is 28.5. The standard InChI is InChI=1S/C36H62O8/c1-20(2)10-9-14-36(8,42)21-11-16-35(7)27(21)22(38)18-25-33(5)15-13-26(32(3,4)24(33)12-17-34(25,35)6)44-31-30(41)29(40)28(39)23(19-37)43-31/h10,21-31,37-42H,9,11-19H2,1-8H3/t21?,22-,23-,24?,25?,26?,27?,28-,29-,30-,31+,33+,34-,35?,36?/m1/s1. The minimum atomic E-state index is -1.46. The first-order chi connectivity index (χ1) is 20.3. The Balaban J connectivity index is 1.37. The largest absolute Gasteiger partial charge is 0.394 e. The van der Waals surface area contributed by atoms with E-state index in [1.807, 2.05) is 6.92 Å². The monoisotopic (exact) mass is 622 g/mol. The van der Waals surface area contributed by atoms with E-state index in [2.05, 4.69) is 54.5 Å². The zero-order valence-electron chi connectivity index (χ0n) is 28.5. The summed E-state index contributed by atoms with van der Waals surface area (Å²) in [5.41, 5.74) is 0.122. The van der Waals surface area contributed by atoms with Crippen molar-refractivity contribution < 1.29 is 40.1 Å². The topological polar surface area (TPSA) is 140 Å². The second-order valence-electron chi connectivity index (χ2n) is 17.3. The predicted octanol–water partition coefficient (Wildman–Crippen LogP) is 4.32. The smallest absolute Gasteiger partial charge is 0.186 e. The Labute approximate surface area is 265 Å². The molecule has 1 saturated heterocycles. The maximum atomic E-state index is 12.0. The van der Waals surface area contributed by atoms with Crippen LogP contribution in [0.1, 0.15) is 113 Å². The molecule has 0 aromatic carbocycles. The molecule has 7 unspecified atom stereocenters. The fourth-order valence-corrected chi connectivity index (χ4v) is 11.9. The van der Waals surface area contributed by atoms with Gasteiger partial charge in [-0.05, 0) is 124 Å². The van der Waals surface area contributed by atoms with E-state index in [1.54, 1.807) is 0 Å². The molecule has 0 spiro atoms. The fraction of sp³-hybridized carbons (Fsp3) is 0.944. The molecular formula is C36H62O8. The first-order valence-corrected chi connectivity index (χ1v) is 17.3. The number of aliphatic hydroxyl groups is 6. The first-order valence-electron chi connectivity index (χ1n) is 17.3. The van der Waals surface area contributed by atoms with Crippen LogP contribution in [0.25, 0.3) is 0 Å². The van der Waals surface area contributed by atoms with Crippen molar-refractivity contribution >= 4 is 0 Å². The van der Waals surface area contributed by atoms with Gasteiger partial charge >= 0.3 is 0 Å². The summed E-state index contributed by atoms with van der Waals surface area (Å²) >= 11 is 0. The number of ether oxygens (including phenoxy) is 2. The number of fused-ring (bicyclic) bond motifs is 5. The molecular weight excluding hydrogens is 560 g/mol. The Bertz CT molecular complexity index is 1070. The molecule has 1 heterocycles. The van der Waals surface area contributed by atoms with Crippen molar-refractivity contribution in [1.82, 2.24) is 0 Å². The maximum Gasteiger partial charge on any atom is 0.186 e. The van der Waals surface area contributed by atoms with Crippen molar-refractivity contribution in [2.75, 3.05) is 6.61 Å². The van der Waals surface area contributed by atoms with Gasteiger partial charge in [-0.2, -0.15) is 0 Å². The van der Waals surface area contributed by atoms with Crippen LogP contribution in [-0.2, 0) is 9.47 Å². The van der Waals surface area contributed by atoms with E-state index in [0.717, 1.165) is 51.4 Å². The lowest BCUT2D eigenvalue weighted by Gasteiger charge is -2.70. The summed E-state index contributed by atoms with van der Waals surface area (Å²) in [6, 6.07) is 0. The molecule has 1 aliphatic heterocycles. The van der Waals surface area contributed by atoms with Gasteiger partial charge in [-0.3, -0.25) is 0 Å². The summed E-state index contributed by atoms with van der Waals surface area (Å²) in [5, 5.41) is 64.8. The van der Waals surface area contributed by atoms with Crippen LogP contribution in [0.15, 0.2) is 11.6 Å². The SMILES string of the molecule is CC(C)=CCCC(C)(O)C1CCC2(C)C1[C@H](O)CC1[C@@]3(C)CCC(O[C@@H]4O[C@H](CO)[C@@H](O)[C@@H](O)[C@H]4O)C(C)(C)C3CC[C@]12C. The van der Waals surface area contributed by atoms with E-state index in [4.69, 9.17) is 9.47 Å². The van der Waals surface area contributed by atoms with E-state index < -0.39 is 49.0 Å². The Kier molecular flexibility index (Phi) is 9.35. The summed E-state index contributed by atoms with van der Waals surface area (Å²) in [4.78, 5) is 0. The van der Waals surface area contributed by atoms with Crippen LogP contribution in [0.2, 0.25) is 0 Å². The molecule has 4 saturated carbocycles. The minimum Gasteiger partial charge on any atom is -0.394 e. The lowest BCUT2D eigenvalue weighted by atomic mass is 9.35. The molecule has 8 heteroatoms. The molecule has 0 radical (unpaired) electrons. The Morgan fingerprint density at radius 1 is 0.886 bits per heavy atom. The van der Waals surface area contributed by atoms with Crippen LogP contribution >= 0.6 is 0 Å². The van der Waals surface area contributed by atoms with Gasteiger partial charge in [-0.15, -0.1) is 0 Å². The van der Waals surface area contributed by atoms with Crippen molar-refractivity contribution in [1.29, 1.82) is 0 Å². The van der Waals surface area contributed by atoms with Gasteiger partial charge in [0, 0.05) is 0 Å². The summed E-state index contributed by atoms with van der Waals surface area (Å²) in [6.45, 7) is 17.5. The van der Waals surface area contributed by atoms with Crippen molar-refractivity contribution in [3.8, 4) is 0 Å². The van der Waals surface area contributed by atoms with Crippen molar-refractivity contribution in [3.63, 3.8) is 0 Å². The van der Waals surface area contributed by atoms with E-state index in [-0.39, 0.29) is 39.6 Å². The van der Waals surface area contributed by atoms with E-state index in [9.17, 15) is 30.6 Å². The Morgan fingerprint density at radius 3 is 2.18 bits per heavy atom. The molecule has 0 aromatic heterocycles. The second kappa shape index (κ2) is 11.8. The third-order valence-electron chi connectivity index (χ3n) is 14.5. The van der Waals surface area contributed by atoms with Gasteiger partial charge in [0.15, 0.2) is 6.29 Å². The van der Waals surface area contributed by atoms with Crippen LogP contribution in [0.3, 0.4) is 0 Å². The normalized spacial score (nSPS) is 51.5. The molecule has 5 fully saturated rings. The zero-order chi connectivity index (χ0) is 32.6. The van der Waals surface area contributed by atoms with Gasteiger partial charge in [0.05, 0.1) is 24.4 Å². The third kappa shape index (κ3) is 5.26. The Morgan fingerprint density at radius 2 is 1.55 bits per heavy atom. The number of hydrogen-bond acceptors (Lipinski definition) is 8. The molecule has 8 nitrogen and oxygen atoms in total. The molecule has 5 aliphatic rings. The molecule has 4 aliphatic carbocycles. The van der Waals surface area contributed by atoms with Crippen LogP contribution < -0.4 is 0 Å². The van der Waals surface area contributed by atoms with Gasteiger partial charge in [-0.1, -0.05) is 46.3 Å². The van der Waals surface area contributed by atoms with Gasteiger partial charge in [-0.25, -0.2) is 0 Å². The highest BCUT2D eigenvalue weighted by Gasteiger charge is 2.71. The van der Waals surface area contributed by atoms with Gasteiger partial charge in [0.25, 0.3) is 0 Å². The van der Waals surface area contributed by atoms with Gasteiger partial charge < -0.3 is 40.1 Å². The molecule has 0 aromatic rings. The molecule has 15 atom stereocenters. The number of aliphatic hydroxyl groups excluding tert-OH is 5. The first kappa shape index (κ1) is 34.7. The molecule has 254 valence electrons. The predicted molar refractivity (Wildman–Crippen MR) is 168 cm³/mol. The van der Waals surface area contributed by atoms with Crippen molar-refractivity contribution in [3.05, 3.63) is 11.6 Å². The van der Waals surface area contributed by atoms with Crippen LogP contribution in [0, 0.1) is 45.3 Å². The van der Waals surface area contributed by atoms with Crippen molar-refractivity contribution in [2.24, 2.45) is 45.3 Å². The highest BCUT2D eigenvalue weighted by atomic mass is 16.7. The molecule has 44 heavy (non-hydrogen) atoms. The third-order valence-corrected chi connectivity index (χ3v) is 14.5. The lowest BCUT2D eigenvalue weighted by Crippen LogP contribution is -2.67. The van der Waals surface area contributed by atoms with E-state index in [0.29, 0.717) is 18.3 Å². The van der Waals surface area contributed by atoms with Gasteiger partial charge in [0.2, 0.25) is 0 Å². The van der Waals surface area contributed by atoms with Crippen molar-refractivity contribution in [2.45, 2.75) is 162 Å². The average molecular weight is 623 g/mol. The van der Waals surface area contributed by atoms with Gasteiger partial charge in [0.1, 0.15) is 24.4 Å². The van der Waals surface area contributed by atoms with Crippen LogP contribution in [0.5, 0.6) is 0 Å². The molecule has 0 amide bonds. The summed E-state index contributed by atoms with van der Waals surface area (Å²) < 4.78 is 12.2. The number of hydrogen-bond donors (Lipinski definition) is 6. The van der Waals surface area contributed by atoms with Crippen LogP contribution in [-0.4, -0.2) is 85.8 Å². The quantitative estimate of drug-likeness (QED) is 0.182. The second-order valence-corrected chi connectivity index (χ2v) is 17.3. The Hall–Kier alpha value is -0.580. The van der Waals surface area contributed by atoms with Crippen LogP contribution in [0.4, 0.5) is 0 Å². The summed E-state index contributed by atoms with van der Waals surface area (Å²) in [7, 11) is 0. The summed E-state index contributed by atoms with van der Waals surface area (Å²) in [6.07, 6.45) is 3.15. The highest BCUT2D eigenvalue weighted by molar-refractivity contribution is 5.20. The average Bonchev–Trinajstić information content (AvgIpc) is 3.32. The minimum absolute atomic E-state index is 0.0231. The molecule has 0 bridgehead atoms.